The number of benzene rings is 2. The van der Waals surface area contributed by atoms with Gasteiger partial charge in [-0.25, -0.2) is 9.97 Å². The van der Waals surface area contributed by atoms with Crippen LogP contribution in [0.15, 0.2) is 60.8 Å². The molecule has 3 aromatic rings. The molecule has 0 bridgehead atoms. The number of nitrogens with zero attached hydrogens (tertiary/aromatic N) is 2. The van der Waals surface area contributed by atoms with Crippen molar-refractivity contribution in [2.24, 2.45) is 0 Å². The molecule has 2 aromatic carbocycles. The van der Waals surface area contributed by atoms with Gasteiger partial charge in [-0.05, 0) is 47.4 Å². The lowest BCUT2D eigenvalue weighted by Crippen LogP contribution is -2.19. The molecule has 1 heterocycles. The van der Waals surface area contributed by atoms with Crippen molar-refractivity contribution in [1.29, 1.82) is 0 Å². The molecule has 27 heavy (non-hydrogen) atoms. The Morgan fingerprint density at radius 3 is 2.41 bits per heavy atom. The molecule has 0 saturated heterocycles. The zero-order valence-electron chi connectivity index (χ0n) is 15.5. The first kappa shape index (κ1) is 18.9. The molecule has 0 atom stereocenters. The van der Waals surface area contributed by atoms with Crippen molar-refractivity contribution >= 4 is 34.8 Å². The van der Waals surface area contributed by atoms with E-state index in [1.807, 2.05) is 36.4 Å². The Bertz CT molecular complexity index is 949. The van der Waals surface area contributed by atoms with Gasteiger partial charge in [-0.2, -0.15) is 0 Å². The molecule has 5 nitrogen and oxygen atoms in total. The van der Waals surface area contributed by atoms with E-state index in [4.69, 9.17) is 11.6 Å². The fourth-order valence-corrected chi connectivity index (χ4v) is 2.77. The highest BCUT2D eigenvalue weighted by Gasteiger charge is 2.19. The molecular weight excluding hydrogens is 360 g/mol. The van der Waals surface area contributed by atoms with Crippen LogP contribution in [0.1, 0.15) is 36.8 Å². The fraction of sp³-hybridized carbons (Fsp3) is 0.190. The van der Waals surface area contributed by atoms with E-state index in [0.29, 0.717) is 11.0 Å². The SMILES string of the molecule is CC(C)(C)c1ccccc1NC(=O)c1ccnc(Nc2ccc(Cl)cc2)n1. The monoisotopic (exact) mass is 380 g/mol. The van der Waals surface area contributed by atoms with Gasteiger partial charge in [-0.1, -0.05) is 50.6 Å². The summed E-state index contributed by atoms with van der Waals surface area (Å²) in [6, 6.07) is 16.5. The van der Waals surface area contributed by atoms with Crippen LogP contribution >= 0.6 is 11.6 Å². The van der Waals surface area contributed by atoms with E-state index in [9.17, 15) is 4.79 Å². The summed E-state index contributed by atoms with van der Waals surface area (Å²) in [6.45, 7) is 6.32. The van der Waals surface area contributed by atoms with Crippen LogP contribution in [0, 0.1) is 0 Å². The minimum atomic E-state index is -0.284. The van der Waals surface area contributed by atoms with Crippen molar-refractivity contribution in [1.82, 2.24) is 9.97 Å². The lowest BCUT2D eigenvalue weighted by atomic mass is 9.86. The highest BCUT2D eigenvalue weighted by Crippen LogP contribution is 2.29. The molecule has 1 aromatic heterocycles. The minimum absolute atomic E-state index is 0.0865. The maximum atomic E-state index is 12.7. The van der Waals surface area contributed by atoms with Gasteiger partial charge < -0.3 is 10.6 Å². The summed E-state index contributed by atoms with van der Waals surface area (Å²) < 4.78 is 0. The van der Waals surface area contributed by atoms with E-state index in [-0.39, 0.29) is 17.0 Å². The molecule has 0 saturated carbocycles. The van der Waals surface area contributed by atoms with Crippen LogP contribution in [0.25, 0.3) is 0 Å². The molecule has 0 aliphatic heterocycles. The molecule has 0 fully saturated rings. The molecule has 6 heteroatoms. The van der Waals surface area contributed by atoms with Gasteiger partial charge in [0.15, 0.2) is 0 Å². The summed E-state index contributed by atoms with van der Waals surface area (Å²) in [5, 5.41) is 6.67. The number of nitrogens with one attached hydrogen (secondary N) is 2. The van der Waals surface area contributed by atoms with Crippen molar-refractivity contribution in [3.8, 4) is 0 Å². The Kier molecular flexibility index (Phi) is 5.42. The van der Waals surface area contributed by atoms with Crippen molar-refractivity contribution in [3.05, 3.63) is 77.1 Å². The van der Waals surface area contributed by atoms with Crippen LogP contribution in [0.3, 0.4) is 0 Å². The third-order valence-corrected chi connectivity index (χ3v) is 4.22. The second kappa shape index (κ2) is 7.76. The highest BCUT2D eigenvalue weighted by molar-refractivity contribution is 6.30. The van der Waals surface area contributed by atoms with Crippen LogP contribution in [-0.2, 0) is 5.41 Å². The summed E-state index contributed by atoms with van der Waals surface area (Å²) in [6.07, 6.45) is 1.55. The third kappa shape index (κ3) is 4.83. The molecule has 1 amide bonds. The second-order valence-corrected chi connectivity index (χ2v) is 7.58. The summed E-state index contributed by atoms with van der Waals surface area (Å²) in [7, 11) is 0. The maximum Gasteiger partial charge on any atom is 0.274 e. The highest BCUT2D eigenvalue weighted by atomic mass is 35.5. The first-order valence-electron chi connectivity index (χ1n) is 8.59. The van der Waals surface area contributed by atoms with E-state index >= 15 is 0 Å². The number of hydrogen-bond donors (Lipinski definition) is 2. The maximum absolute atomic E-state index is 12.7. The largest absolute Gasteiger partial charge is 0.324 e. The predicted molar refractivity (Wildman–Crippen MR) is 110 cm³/mol. The summed E-state index contributed by atoms with van der Waals surface area (Å²) >= 11 is 5.89. The van der Waals surface area contributed by atoms with Crippen molar-refractivity contribution < 1.29 is 4.79 Å². The predicted octanol–water partition coefficient (Wildman–Crippen LogP) is 5.42. The van der Waals surface area contributed by atoms with Gasteiger partial charge in [-0.15, -0.1) is 0 Å². The molecule has 0 radical (unpaired) electrons. The molecule has 2 N–H and O–H groups in total. The standard InChI is InChI=1S/C21H21ClN4O/c1-21(2,3)16-6-4-5-7-17(16)25-19(27)18-12-13-23-20(26-18)24-15-10-8-14(22)9-11-15/h4-13H,1-3H3,(H,25,27)(H,23,24,26). The van der Waals surface area contributed by atoms with E-state index in [1.54, 1.807) is 24.4 Å². The van der Waals surface area contributed by atoms with E-state index in [2.05, 4.69) is 41.4 Å². The molecule has 0 aliphatic rings. The summed E-state index contributed by atoms with van der Waals surface area (Å²) in [5.41, 5.74) is 2.82. The van der Waals surface area contributed by atoms with Crippen LogP contribution < -0.4 is 10.6 Å². The Morgan fingerprint density at radius 1 is 1.00 bits per heavy atom. The van der Waals surface area contributed by atoms with Crippen LogP contribution in [-0.4, -0.2) is 15.9 Å². The topological polar surface area (TPSA) is 66.9 Å². The summed E-state index contributed by atoms with van der Waals surface area (Å²) in [5.74, 6) is 0.0577. The second-order valence-electron chi connectivity index (χ2n) is 7.15. The number of anilines is 3. The fourth-order valence-electron chi connectivity index (χ4n) is 2.64. The number of carbonyl (C=O) groups excluding carboxylic acids is 1. The lowest BCUT2D eigenvalue weighted by Gasteiger charge is -2.22. The van der Waals surface area contributed by atoms with Gasteiger partial charge in [0, 0.05) is 22.6 Å². The molecule has 0 aliphatic carbocycles. The Labute approximate surface area is 163 Å². The number of amides is 1. The number of para-hydroxylation sites is 1. The molecule has 3 rings (SSSR count). The average Bonchev–Trinajstić information content (AvgIpc) is 2.63. The normalized spacial score (nSPS) is 11.1. The first-order chi connectivity index (χ1) is 12.8. The first-order valence-corrected chi connectivity index (χ1v) is 8.97. The van der Waals surface area contributed by atoms with Gasteiger partial charge in [0.05, 0.1) is 0 Å². The van der Waals surface area contributed by atoms with Crippen LogP contribution in [0.2, 0.25) is 5.02 Å². The number of halogens is 1. The van der Waals surface area contributed by atoms with Gasteiger partial charge in [0.25, 0.3) is 5.91 Å². The smallest absolute Gasteiger partial charge is 0.274 e. The Hall–Kier alpha value is -2.92. The van der Waals surface area contributed by atoms with Crippen LogP contribution in [0.4, 0.5) is 17.3 Å². The molecular formula is C21H21ClN4O. The molecule has 0 spiro atoms. The summed E-state index contributed by atoms with van der Waals surface area (Å²) in [4.78, 5) is 21.2. The Balaban J connectivity index is 1.79. The van der Waals surface area contributed by atoms with Gasteiger partial charge in [-0.3, -0.25) is 4.79 Å². The van der Waals surface area contributed by atoms with Crippen molar-refractivity contribution in [2.75, 3.05) is 10.6 Å². The van der Waals surface area contributed by atoms with Gasteiger partial charge in [0.2, 0.25) is 5.95 Å². The average molecular weight is 381 g/mol. The van der Waals surface area contributed by atoms with Crippen molar-refractivity contribution in [2.45, 2.75) is 26.2 Å². The zero-order valence-corrected chi connectivity index (χ0v) is 16.2. The number of aromatic nitrogens is 2. The number of hydrogen-bond acceptors (Lipinski definition) is 4. The quantitative estimate of drug-likeness (QED) is 0.633. The zero-order chi connectivity index (χ0) is 19.4. The van der Waals surface area contributed by atoms with Gasteiger partial charge >= 0.3 is 0 Å². The van der Waals surface area contributed by atoms with E-state index in [1.165, 1.54) is 0 Å². The molecule has 138 valence electrons. The third-order valence-electron chi connectivity index (χ3n) is 3.97. The van der Waals surface area contributed by atoms with E-state index in [0.717, 1.165) is 16.9 Å². The van der Waals surface area contributed by atoms with Crippen LogP contribution in [0.5, 0.6) is 0 Å². The van der Waals surface area contributed by atoms with Crippen molar-refractivity contribution in [3.63, 3.8) is 0 Å². The van der Waals surface area contributed by atoms with E-state index < -0.39 is 0 Å². The minimum Gasteiger partial charge on any atom is -0.324 e. The Morgan fingerprint density at radius 2 is 1.70 bits per heavy atom. The lowest BCUT2D eigenvalue weighted by molar-refractivity contribution is 0.102. The number of carbonyl (C=O) groups is 1. The molecule has 0 unspecified atom stereocenters. The number of rotatable bonds is 4. The van der Waals surface area contributed by atoms with Gasteiger partial charge in [0.1, 0.15) is 5.69 Å².